The molecular weight excluding hydrogens is 232 g/mol. The second-order valence-electron chi connectivity index (χ2n) is 4.31. The van der Waals surface area contributed by atoms with Crippen LogP contribution >= 0.6 is 0 Å². The Kier molecular flexibility index (Phi) is 2.64. The normalized spacial score (nSPS) is 14.1. The van der Waals surface area contributed by atoms with E-state index in [0.717, 1.165) is 25.1 Å². The Morgan fingerprint density at radius 3 is 3.17 bits per heavy atom. The first kappa shape index (κ1) is 11.0. The van der Waals surface area contributed by atoms with Gasteiger partial charge in [-0.2, -0.15) is 5.10 Å². The zero-order chi connectivity index (χ0) is 12.5. The molecule has 0 aliphatic carbocycles. The first-order chi connectivity index (χ1) is 8.79. The second kappa shape index (κ2) is 4.30. The third kappa shape index (κ3) is 1.70. The van der Waals surface area contributed by atoms with Crippen LogP contribution in [0, 0.1) is 0 Å². The van der Waals surface area contributed by atoms with Crippen LogP contribution in [0.25, 0.3) is 5.69 Å². The Morgan fingerprint density at radius 2 is 2.33 bits per heavy atom. The first-order valence-electron chi connectivity index (χ1n) is 5.94. The maximum absolute atomic E-state index is 11.7. The lowest BCUT2D eigenvalue weighted by atomic mass is 10.0. The van der Waals surface area contributed by atoms with Crippen molar-refractivity contribution in [2.24, 2.45) is 0 Å². The van der Waals surface area contributed by atoms with Crippen molar-refractivity contribution in [3.05, 3.63) is 40.1 Å². The molecule has 0 radical (unpaired) electrons. The van der Waals surface area contributed by atoms with Gasteiger partial charge in [0.1, 0.15) is 6.61 Å². The molecule has 0 spiro atoms. The van der Waals surface area contributed by atoms with Gasteiger partial charge in [-0.3, -0.25) is 0 Å². The predicted molar refractivity (Wildman–Crippen MR) is 66.9 cm³/mol. The van der Waals surface area contributed by atoms with E-state index in [9.17, 15) is 9.90 Å². The smallest absolute Gasteiger partial charge is 0.348 e. The van der Waals surface area contributed by atoms with E-state index in [1.807, 2.05) is 18.2 Å². The molecule has 0 atom stereocenters. The van der Waals surface area contributed by atoms with Crippen molar-refractivity contribution in [2.45, 2.75) is 19.4 Å². The van der Waals surface area contributed by atoms with Gasteiger partial charge in [-0.1, -0.05) is 6.07 Å². The average molecular weight is 246 g/mol. The van der Waals surface area contributed by atoms with Crippen molar-refractivity contribution in [1.82, 2.24) is 14.8 Å². The number of aromatic amines is 1. The van der Waals surface area contributed by atoms with Crippen molar-refractivity contribution < 1.29 is 5.11 Å². The highest BCUT2D eigenvalue weighted by Gasteiger charge is 2.13. The molecule has 0 saturated heterocycles. The number of fused-ring (bicyclic) bond motifs is 1. The highest BCUT2D eigenvalue weighted by Crippen LogP contribution is 2.24. The SMILES string of the molecule is O=c1[nH]nc(CO)n1-c1ccc2c(c1)NCCC2. The van der Waals surface area contributed by atoms with Gasteiger partial charge in [-0.15, -0.1) is 0 Å². The van der Waals surface area contributed by atoms with Crippen LogP contribution in [-0.2, 0) is 13.0 Å². The molecule has 6 heteroatoms. The topological polar surface area (TPSA) is 82.9 Å². The predicted octanol–water partition coefficient (Wildman–Crippen LogP) is 0.411. The van der Waals surface area contributed by atoms with E-state index in [1.165, 1.54) is 10.1 Å². The van der Waals surface area contributed by atoms with E-state index in [4.69, 9.17) is 0 Å². The summed E-state index contributed by atoms with van der Waals surface area (Å²) in [5.74, 6) is 0.316. The summed E-state index contributed by atoms with van der Waals surface area (Å²) in [6.45, 7) is 0.673. The fraction of sp³-hybridized carbons (Fsp3) is 0.333. The number of benzene rings is 1. The number of aryl methyl sites for hydroxylation is 1. The number of hydrogen-bond acceptors (Lipinski definition) is 4. The molecule has 1 aromatic carbocycles. The summed E-state index contributed by atoms with van der Waals surface area (Å²) in [6.07, 6.45) is 2.18. The molecule has 1 aliphatic heterocycles. The van der Waals surface area contributed by atoms with Gasteiger partial charge in [0.25, 0.3) is 0 Å². The minimum Gasteiger partial charge on any atom is -0.388 e. The molecule has 3 rings (SSSR count). The van der Waals surface area contributed by atoms with Crippen LogP contribution in [0.2, 0.25) is 0 Å². The molecule has 0 unspecified atom stereocenters. The van der Waals surface area contributed by atoms with Gasteiger partial charge in [0.15, 0.2) is 5.82 Å². The Morgan fingerprint density at radius 1 is 1.44 bits per heavy atom. The summed E-state index contributed by atoms with van der Waals surface area (Å²) in [5.41, 5.74) is 2.68. The van der Waals surface area contributed by atoms with Gasteiger partial charge >= 0.3 is 5.69 Å². The van der Waals surface area contributed by atoms with Crippen LogP contribution in [0.4, 0.5) is 5.69 Å². The molecule has 1 aliphatic rings. The Bertz CT molecular complexity index is 629. The van der Waals surface area contributed by atoms with Gasteiger partial charge in [-0.25, -0.2) is 14.5 Å². The fourth-order valence-electron chi connectivity index (χ4n) is 2.29. The average Bonchev–Trinajstić information content (AvgIpc) is 2.79. The number of aliphatic hydroxyl groups excluding tert-OH is 1. The molecule has 0 amide bonds. The number of H-pyrrole nitrogens is 1. The zero-order valence-electron chi connectivity index (χ0n) is 9.81. The van der Waals surface area contributed by atoms with Gasteiger partial charge in [0, 0.05) is 12.2 Å². The van der Waals surface area contributed by atoms with Crippen LogP contribution < -0.4 is 11.0 Å². The van der Waals surface area contributed by atoms with Gasteiger partial charge in [0.05, 0.1) is 5.69 Å². The van der Waals surface area contributed by atoms with Gasteiger partial charge in [0.2, 0.25) is 0 Å². The zero-order valence-corrected chi connectivity index (χ0v) is 9.81. The number of rotatable bonds is 2. The molecule has 18 heavy (non-hydrogen) atoms. The van der Waals surface area contributed by atoms with E-state index in [0.29, 0.717) is 11.5 Å². The Labute approximate surface area is 103 Å². The number of nitrogens with zero attached hydrogens (tertiary/aromatic N) is 2. The van der Waals surface area contributed by atoms with Crippen LogP contribution in [0.15, 0.2) is 23.0 Å². The maximum atomic E-state index is 11.7. The van der Waals surface area contributed by atoms with Crippen LogP contribution in [0.5, 0.6) is 0 Å². The number of hydrogen-bond donors (Lipinski definition) is 3. The molecule has 94 valence electrons. The van der Waals surface area contributed by atoms with Crippen molar-refractivity contribution in [2.75, 3.05) is 11.9 Å². The lowest BCUT2D eigenvalue weighted by Crippen LogP contribution is -2.18. The molecule has 3 N–H and O–H groups in total. The molecule has 2 aromatic rings. The molecule has 6 nitrogen and oxygen atoms in total. The number of anilines is 1. The summed E-state index contributed by atoms with van der Waals surface area (Å²) in [4.78, 5) is 11.7. The van der Waals surface area contributed by atoms with E-state index in [1.54, 1.807) is 0 Å². The number of aliphatic hydroxyl groups is 1. The van der Waals surface area contributed by atoms with Gasteiger partial charge < -0.3 is 10.4 Å². The van der Waals surface area contributed by atoms with E-state index < -0.39 is 0 Å². The number of nitrogens with one attached hydrogen (secondary N) is 2. The monoisotopic (exact) mass is 246 g/mol. The lowest BCUT2D eigenvalue weighted by molar-refractivity contribution is 0.268. The van der Waals surface area contributed by atoms with Crippen molar-refractivity contribution in [3.63, 3.8) is 0 Å². The first-order valence-corrected chi connectivity index (χ1v) is 5.94. The van der Waals surface area contributed by atoms with Crippen LogP contribution in [0.3, 0.4) is 0 Å². The van der Waals surface area contributed by atoms with Crippen molar-refractivity contribution in [1.29, 1.82) is 0 Å². The molecular formula is C12H14N4O2. The molecule has 0 bridgehead atoms. The second-order valence-corrected chi connectivity index (χ2v) is 4.31. The van der Waals surface area contributed by atoms with E-state index in [-0.39, 0.29) is 12.3 Å². The van der Waals surface area contributed by atoms with Crippen LogP contribution in [0.1, 0.15) is 17.8 Å². The highest BCUT2D eigenvalue weighted by atomic mass is 16.3. The summed E-state index contributed by atoms with van der Waals surface area (Å²) >= 11 is 0. The third-order valence-corrected chi connectivity index (χ3v) is 3.17. The minimum absolute atomic E-state index is 0.275. The van der Waals surface area contributed by atoms with Crippen molar-refractivity contribution >= 4 is 5.69 Å². The van der Waals surface area contributed by atoms with Gasteiger partial charge in [-0.05, 0) is 30.5 Å². The molecule has 0 fully saturated rings. The summed E-state index contributed by atoms with van der Waals surface area (Å²) in [7, 11) is 0. The van der Waals surface area contributed by atoms with Crippen molar-refractivity contribution in [3.8, 4) is 5.69 Å². The third-order valence-electron chi connectivity index (χ3n) is 3.17. The minimum atomic E-state index is -0.338. The van der Waals surface area contributed by atoms with E-state index >= 15 is 0 Å². The Hall–Kier alpha value is -2.08. The standard InChI is InChI=1S/C12H14N4O2/c17-7-11-14-15-12(18)16(11)9-4-3-8-2-1-5-13-10(8)6-9/h3-4,6,13,17H,1-2,5,7H2,(H,15,18). The summed E-state index contributed by atoms with van der Waals surface area (Å²) in [5, 5.41) is 18.6. The molecule has 2 heterocycles. The fourth-order valence-corrected chi connectivity index (χ4v) is 2.29. The number of aromatic nitrogens is 3. The highest BCUT2D eigenvalue weighted by molar-refractivity contribution is 5.58. The van der Waals surface area contributed by atoms with Crippen LogP contribution in [-0.4, -0.2) is 26.4 Å². The molecule has 1 aromatic heterocycles. The summed E-state index contributed by atoms with van der Waals surface area (Å²) < 4.78 is 1.39. The Balaban J connectivity index is 2.12. The largest absolute Gasteiger partial charge is 0.388 e. The maximum Gasteiger partial charge on any atom is 0.348 e. The molecule has 0 saturated carbocycles. The van der Waals surface area contributed by atoms with E-state index in [2.05, 4.69) is 15.5 Å². The quantitative estimate of drug-likeness (QED) is 0.716. The summed E-state index contributed by atoms with van der Waals surface area (Å²) in [6, 6.07) is 5.81. The lowest BCUT2D eigenvalue weighted by Gasteiger charge is -2.18.